The summed E-state index contributed by atoms with van der Waals surface area (Å²) in [5, 5.41) is 0. The second-order valence-corrected chi connectivity index (χ2v) is 8.20. The van der Waals surface area contributed by atoms with Gasteiger partial charge in [0.2, 0.25) is 0 Å². The van der Waals surface area contributed by atoms with E-state index in [4.69, 9.17) is 19.6 Å². The van der Waals surface area contributed by atoms with E-state index in [1.165, 1.54) is 0 Å². The molecule has 22 heavy (non-hydrogen) atoms. The van der Waals surface area contributed by atoms with Gasteiger partial charge >= 0.3 is 0 Å². The van der Waals surface area contributed by atoms with E-state index >= 15 is 0 Å². The number of hydrogen-bond donors (Lipinski definition) is 0. The molecule has 0 heterocycles. The van der Waals surface area contributed by atoms with E-state index in [1.54, 1.807) is 0 Å². The second kappa shape index (κ2) is 10.6. The van der Waals surface area contributed by atoms with Crippen molar-refractivity contribution in [1.82, 2.24) is 0 Å². The van der Waals surface area contributed by atoms with Crippen molar-refractivity contribution >= 4 is 0 Å². The molecule has 4 heteroatoms. The smallest absolute Gasteiger partial charge is 0.0981 e. The molecular formula is C18H38O4. The molecule has 0 bridgehead atoms. The summed E-state index contributed by atoms with van der Waals surface area (Å²) in [5.74, 6) is 1.25. The molecule has 0 aliphatic heterocycles. The van der Waals surface area contributed by atoms with Crippen LogP contribution in [0.3, 0.4) is 0 Å². The Labute approximate surface area is 137 Å². The highest BCUT2D eigenvalue weighted by Gasteiger charge is 2.27. The van der Waals surface area contributed by atoms with Gasteiger partial charge in [-0.1, -0.05) is 27.7 Å². The normalized spacial score (nSPS) is 13.4. The molecule has 0 aliphatic carbocycles. The van der Waals surface area contributed by atoms with Crippen molar-refractivity contribution in [2.75, 3.05) is 13.2 Å². The van der Waals surface area contributed by atoms with Crippen molar-refractivity contribution in [3.05, 3.63) is 0 Å². The fourth-order valence-corrected chi connectivity index (χ4v) is 1.66. The van der Waals surface area contributed by atoms with E-state index in [0.29, 0.717) is 25.0 Å². The molecule has 0 saturated heterocycles. The van der Waals surface area contributed by atoms with Crippen molar-refractivity contribution in [2.24, 2.45) is 11.8 Å². The van der Waals surface area contributed by atoms with Crippen LogP contribution in [-0.2, 0) is 19.6 Å². The Bertz CT molecular complexity index is 244. The third kappa shape index (κ3) is 13.5. The summed E-state index contributed by atoms with van der Waals surface area (Å²) in [6.45, 7) is 18.1. The lowest BCUT2D eigenvalue weighted by molar-refractivity contribution is -0.369. The molecule has 0 N–H and O–H groups in total. The van der Waals surface area contributed by atoms with Crippen molar-refractivity contribution in [2.45, 2.75) is 92.3 Å². The fourth-order valence-electron chi connectivity index (χ4n) is 1.66. The van der Waals surface area contributed by atoms with Gasteiger partial charge in [-0.15, -0.1) is 0 Å². The second-order valence-electron chi connectivity index (χ2n) is 8.20. The third-order valence-corrected chi connectivity index (χ3v) is 3.46. The summed E-state index contributed by atoms with van der Waals surface area (Å²) in [6, 6.07) is 0. The lowest BCUT2D eigenvalue weighted by atomic mass is 9.94. The Morgan fingerprint density at radius 1 is 0.636 bits per heavy atom. The molecule has 0 aromatic carbocycles. The van der Waals surface area contributed by atoms with Gasteiger partial charge in [0.15, 0.2) is 0 Å². The molecule has 0 aromatic heterocycles. The third-order valence-electron chi connectivity index (χ3n) is 3.46. The minimum absolute atomic E-state index is 0.324. The first-order valence-electron chi connectivity index (χ1n) is 8.65. The van der Waals surface area contributed by atoms with Crippen LogP contribution in [0, 0.1) is 11.8 Å². The standard InChI is InChI=1S/C18H38O4/c1-15(2)9-13-19-21-17(5,6)11-12-18(7,8)22-20-14-10-16(3)4/h15-16H,9-14H2,1-8H3. The molecular weight excluding hydrogens is 280 g/mol. The van der Waals surface area contributed by atoms with E-state index in [1.807, 2.05) is 27.7 Å². The van der Waals surface area contributed by atoms with Crippen LogP contribution in [0.4, 0.5) is 0 Å². The molecule has 134 valence electrons. The van der Waals surface area contributed by atoms with E-state index in [9.17, 15) is 0 Å². The van der Waals surface area contributed by atoms with Crippen LogP contribution in [0.2, 0.25) is 0 Å². The van der Waals surface area contributed by atoms with E-state index in [2.05, 4.69) is 27.7 Å². The molecule has 0 radical (unpaired) electrons. The SMILES string of the molecule is CC(C)CCOOC(C)(C)CCC(C)(C)OOCCC(C)C. The maximum Gasteiger partial charge on any atom is 0.0981 e. The molecule has 0 unspecified atom stereocenters. The average molecular weight is 318 g/mol. The topological polar surface area (TPSA) is 36.9 Å². The Kier molecular flexibility index (Phi) is 10.5. The Morgan fingerprint density at radius 2 is 0.955 bits per heavy atom. The Hall–Kier alpha value is -0.160. The lowest BCUT2D eigenvalue weighted by Gasteiger charge is -2.29. The summed E-state index contributed by atoms with van der Waals surface area (Å²) in [6.07, 6.45) is 3.70. The molecule has 0 aromatic rings. The predicted molar refractivity (Wildman–Crippen MR) is 90.4 cm³/mol. The van der Waals surface area contributed by atoms with Gasteiger partial charge < -0.3 is 0 Å². The fraction of sp³-hybridized carbons (Fsp3) is 1.00. The minimum atomic E-state index is -0.324. The maximum absolute atomic E-state index is 5.54. The van der Waals surface area contributed by atoms with Crippen LogP contribution in [0.25, 0.3) is 0 Å². The molecule has 0 aliphatic rings. The van der Waals surface area contributed by atoms with Crippen molar-refractivity contribution in [1.29, 1.82) is 0 Å². The van der Waals surface area contributed by atoms with Crippen LogP contribution in [0.15, 0.2) is 0 Å². The molecule has 0 rings (SSSR count). The van der Waals surface area contributed by atoms with Crippen molar-refractivity contribution in [3.63, 3.8) is 0 Å². The number of hydrogen-bond acceptors (Lipinski definition) is 4. The van der Waals surface area contributed by atoms with Gasteiger partial charge in [0, 0.05) is 0 Å². The summed E-state index contributed by atoms with van der Waals surface area (Å²) >= 11 is 0. The van der Waals surface area contributed by atoms with Gasteiger partial charge in [-0.2, -0.15) is 0 Å². The first-order chi connectivity index (χ1) is 10.0. The molecule has 0 fully saturated rings. The van der Waals surface area contributed by atoms with Crippen LogP contribution >= 0.6 is 0 Å². The van der Waals surface area contributed by atoms with Crippen molar-refractivity contribution < 1.29 is 19.6 Å². The Balaban J connectivity index is 3.90. The van der Waals surface area contributed by atoms with E-state index < -0.39 is 0 Å². The van der Waals surface area contributed by atoms with Crippen LogP contribution in [0.1, 0.15) is 81.1 Å². The predicted octanol–water partition coefficient (Wildman–Crippen LogP) is 5.31. The highest BCUT2D eigenvalue weighted by atomic mass is 17.2. The van der Waals surface area contributed by atoms with Gasteiger partial charge in [0.1, 0.15) is 0 Å². The summed E-state index contributed by atoms with van der Waals surface area (Å²) in [4.78, 5) is 21.7. The van der Waals surface area contributed by atoms with E-state index in [0.717, 1.165) is 25.7 Å². The van der Waals surface area contributed by atoms with Gasteiger partial charge in [0.05, 0.1) is 24.4 Å². The summed E-state index contributed by atoms with van der Waals surface area (Å²) in [5.41, 5.74) is -0.648. The molecule has 0 atom stereocenters. The maximum atomic E-state index is 5.54. The largest absolute Gasteiger partial charge is 0.236 e. The highest BCUT2D eigenvalue weighted by Crippen LogP contribution is 2.25. The first kappa shape index (κ1) is 21.8. The molecule has 0 amide bonds. The van der Waals surface area contributed by atoms with E-state index in [-0.39, 0.29) is 11.2 Å². The lowest BCUT2D eigenvalue weighted by Crippen LogP contribution is -2.32. The van der Waals surface area contributed by atoms with Crippen LogP contribution in [0.5, 0.6) is 0 Å². The first-order valence-corrected chi connectivity index (χ1v) is 8.65. The summed E-state index contributed by atoms with van der Waals surface area (Å²) in [7, 11) is 0. The van der Waals surface area contributed by atoms with Crippen molar-refractivity contribution in [3.8, 4) is 0 Å². The highest BCUT2D eigenvalue weighted by molar-refractivity contribution is 4.75. The molecule has 0 spiro atoms. The Morgan fingerprint density at radius 3 is 1.23 bits per heavy atom. The minimum Gasteiger partial charge on any atom is -0.236 e. The van der Waals surface area contributed by atoms with Gasteiger partial charge in [0.25, 0.3) is 0 Å². The zero-order chi connectivity index (χ0) is 17.2. The quantitative estimate of drug-likeness (QED) is 0.262. The monoisotopic (exact) mass is 318 g/mol. The van der Waals surface area contributed by atoms with Gasteiger partial charge in [-0.25, -0.2) is 19.6 Å². The van der Waals surface area contributed by atoms with Crippen LogP contribution < -0.4 is 0 Å². The molecule has 0 saturated carbocycles. The van der Waals surface area contributed by atoms with Gasteiger partial charge in [-0.3, -0.25) is 0 Å². The van der Waals surface area contributed by atoms with Crippen LogP contribution in [-0.4, -0.2) is 24.4 Å². The average Bonchev–Trinajstić information content (AvgIpc) is 2.38. The zero-order valence-corrected chi connectivity index (χ0v) is 16.0. The van der Waals surface area contributed by atoms with Gasteiger partial charge in [-0.05, 0) is 65.2 Å². The zero-order valence-electron chi connectivity index (χ0n) is 16.0. The molecule has 4 nitrogen and oxygen atoms in total. The number of rotatable bonds is 13. The summed E-state index contributed by atoms with van der Waals surface area (Å²) < 4.78 is 0.